The summed E-state index contributed by atoms with van der Waals surface area (Å²) in [7, 11) is 1.71. The highest BCUT2D eigenvalue weighted by Gasteiger charge is 2.32. The zero-order valence-corrected chi connectivity index (χ0v) is 18.4. The molecule has 5 rings (SSSR count). The number of nitrogens with one attached hydrogen (secondary N) is 1. The third-order valence-corrected chi connectivity index (χ3v) is 7.22. The van der Waals surface area contributed by atoms with Crippen LogP contribution in [0.25, 0.3) is 21.8 Å². The summed E-state index contributed by atoms with van der Waals surface area (Å²) in [6, 6.07) is 12.9. The van der Waals surface area contributed by atoms with Gasteiger partial charge in [0.2, 0.25) is 0 Å². The van der Waals surface area contributed by atoms with Crippen molar-refractivity contribution in [1.82, 2.24) is 9.88 Å². The number of anilines is 1. The lowest BCUT2D eigenvalue weighted by Crippen LogP contribution is -2.48. The third kappa shape index (κ3) is 3.83. The monoisotopic (exact) mass is 423 g/mol. The molecule has 2 aliphatic heterocycles. The lowest BCUT2D eigenvalue weighted by atomic mass is 9.81. The van der Waals surface area contributed by atoms with Crippen LogP contribution in [0.4, 0.5) is 5.69 Å². The van der Waals surface area contributed by atoms with E-state index in [-0.39, 0.29) is 0 Å². The van der Waals surface area contributed by atoms with Crippen LogP contribution in [-0.4, -0.2) is 42.7 Å². The Kier molecular flexibility index (Phi) is 5.70. The third-order valence-electron chi connectivity index (χ3n) is 6.99. The van der Waals surface area contributed by atoms with Crippen LogP contribution in [0.3, 0.4) is 0 Å². The minimum Gasteiger partial charge on any atom is -0.497 e. The molecule has 0 aliphatic carbocycles. The minimum atomic E-state index is 0.716. The Morgan fingerprint density at radius 2 is 1.93 bits per heavy atom. The van der Waals surface area contributed by atoms with Gasteiger partial charge in [-0.05, 0) is 87.5 Å². The van der Waals surface area contributed by atoms with Gasteiger partial charge in [0.15, 0.2) is 0 Å². The van der Waals surface area contributed by atoms with Crippen molar-refractivity contribution in [2.24, 2.45) is 5.92 Å². The van der Waals surface area contributed by atoms with Crippen LogP contribution in [0.1, 0.15) is 38.5 Å². The zero-order chi connectivity index (χ0) is 20.5. The van der Waals surface area contributed by atoms with Gasteiger partial charge < -0.3 is 15.0 Å². The molecule has 0 bridgehead atoms. The molecule has 158 valence electrons. The van der Waals surface area contributed by atoms with Crippen molar-refractivity contribution in [3.05, 3.63) is 41.4 Å². The molecule has 0 unspecified atom stereocenters. The molecule has 2 aromatic carbocycles. The molecule has 0 saturated carbocycles. The van der Waals surface area contributed by atoms with Crippen molar-refractivity contribution < 1.29 is 4.74 Å². The van der Waals surface area contributed by atoms with Crippen molar-refractivity contribution in [2.45, 2.75) is 44.6 Å². The normalized spacial score (nSPS) is 22.2. The number of aromatic nitrogens is 1. The maximum Gasteiger partial charge on any atom is 0.119 e. The number of benzene rings is 2. The van der Waals surface area contributed by atoms with E-state index in [0.717, 1.165) is 51.7 Å². The summed E-state index contributed by atoms with van der Waals surface area (Å²) in [6.07, 6.45) is 8.07. The molecule has 1 N–H and O–H groups in total. The Balaban J connectivity index is 1.43. The second-order valence-electron chi connectivity index (χ2n) is 8.75. The summed E-state index contributed by atoms with van der Waals surface area (Å²) in [4.78, 5) is 7.59. The van der Waals surface area contributed by atoms with Gasteiger partial charge in [0.25, 0.3) is 0 Å². The first-order valence-electron chi connectivity index (χ1n) is 11.3. The second-order valence-corrected chi connectivity index (χ2v) is 9.18. The maximum absolute atomic E-state index is 6.26. The smallest absolute Gasteiger partial charge is 0.119 e. The number of piperidine rings is 2. The molecule has 0 radical (unpaired) electrons. The number of hydrogen-bond donors (Lipinski definition) is 1. The highest BCUT2D eigenvalue weighted by Crippen LogP contribution is 2.36. The van der Waals surface area contributed by atoms with Gasteiger partial charge in [-0.3, -0.25) is 0 Å². The van der Waals surface area contributed by atoms with Crippen LogP contribution in [0.2, 0.25) is 5.02 Å². The fourth-order valence-corrected chi connectivity index (χ4v) is 5.68. The van der Waals surface area contributed by atoms with Gasteiger partial charge in [-0.25, -0.2) is 4.98 Å². The number of pyridine rings is 1. The van der Waals surface area contributed by atoms with Crippen LogP contribution >= 0.6 is 11.6 Å². The van der Waals surface area contributed by atoms with Gasteiger partial charge >= 0.3 is 0 Å². The molecule has 5 heteroatoms. The second kappa shape index (κ2) is 8.60. The van der Waals surface area contributed by atoms with Crippen molar-refractivity contribution in [2.75, 3.05) is 32.1 Å². The summed E-state index contributed by atoms with van der Waals surface area (Å²) >= 11 is 6.26. The lowest BCUT2D eigenvalue weighted by Gasteiger charge is -2.44. The predicted octanol–water partition coefficient (Wildman–Crippen LogP) is 6.12. The number of ether oxygens (including phenoxy) is 1. The predicted molar refractivity (Wildman–Crippen MR) is 126 cm³/mol. The Hall–Kier alpha value is -2.04. The first kappa shape index (κ1) is 19.9. The Bertz CT molecular complexity index is 1050. The average Bonchev–Trinajstić information content (AvgIpc) is 2.78. The van der Waals surface area contributed by atoms with Gasteiger partial charge in [-0.2, -0.15) is 0 Å². The molecule has 1 aromatic heterocycles. The quantitative estimate of drug-likeness (QED) is 0.502. The van der Waals surface area contributed by atoms with Crippen LogP contribution in [0, 0.1) is 5.92 Å². The molecule has 0 spiro atoms. The van der Waals surface area contributed by atoms with Gasteiger partial charge in [0.05, 0.1) is 23.8 Å². The molecule has 2 atom stereocenters. The molecule has 2 aliphatic rings. The zero-order valence-electron chi connectivity index (χ0n) is 17.7. The molecule has 3 aromatic rings. The van der Waals surface area contributed by atoms with Gasteiger partial charge in [-0.15, -0.1) is 0 Å². The van der Waals surface area contributed by atoms with E-state index >= 15 is 0 Å². The Morgan fingerprint density at radius 1 is 1.03 bits per heavy atom. The fraction of sp³-hybridized carbons (Fsp3) is 0.480. The number of nitrogens with zero attached hydrogens (tertiary/aromatic N) is 2. The van der Waals surface area contributed by atoms with Crippen LogP contribution in [0.5, 0.6) is 5.75 Å². The van der Waals surface area contributed by atoms with E-state index in [1.807, 2.05) is 24.3 Å². The molecule has 3 heterocycles. The number of methoxy groups -OCH3 is 1. The highest BCUT2D eigenvalue weighted by molar-refractivity contribution is 6.31. The minimum absolute atomic E-state index is 0.716. The van der Waals surface area contributed by atoms with E-state index in [1.54, 1.807) is 7.11 Å². The van der Waals surface area contributed by atoms with Crippen molar-refractivity contribution in [3.63, 3.8) is 0 Å². The van der Waals surface area contributed by atoms with Gasteiger partial charge in [0, 0.05) is 28.4 Å². The molecule has 2 saturated heterocycles. The molecule has 4 nitrogen and oxygen atoms in total. The highest BCUT2D eigenvalue weighted by atomic mass is 35.5. The lowest BCUT2D eigenvalue weighted by molar-refractivity contribution is 0.0573. The molecule has 0 amide bonds. The standard InChI is InChI=1S/C25H30ClN3O/c1-30-19-8-10-22-21(16-19)25(20-9-7-18(26)15-23(20)28-22)27-12-11-17-5-4-14-29-13-3-2-6-24(17)29/h7-10,15-17,24H,2-6,11-14H2,1H3,(H,27,28)/t17-,24-/m1/s1. The first-order chi connectivity index (χ1) is 14.7. The number of halogens is 1. The summed E-state index contributed by atoms with van der Waals surface area (Å²) in [5, 5.41) is 6.72. The van der Waals surface area contributed by atoms with E-state index < -0.39 is 0 Å². The number of fused-ring (bicyclic) bond motifs is 3. The summed E-state index contributed by atoms with van der Waals surface area (Å²) < 4.78 is 5.49. The van der Waals surface area contributed by atoms with Crippen molar-refractivity contribution in [3.8, 4) is 5.75 Å². The summed E-state index contributed by atoms with van der Waals surface area (Å²) in [5.41, 5.74) is 3.03. The summed E-state index contributed by atoms with van der Waals surface area (Å²) in [6.45, 7) is 3.58. The molecule has 30 heavy (non-hydrogen) atoms. The Morgan fingerprint density at radius 3 is 2.83 bits per heavy atom. The first-order valence-corrected chi connectivity index (χ1v) is 11.7. The van der Waals surface area contributed by atoms with E-state index in [9.17, 15) is 0 Å². The largest absolute Gasteiger partial charge is 0.497 e. The van der Waals surface area contributed by atoms with Gasteiger partial charge in [-0.1, -0.05) is 18.0 Å². The SMILES string of the molecule is COc1ccc2nc3cc(Cl)ccc3c(NCC[C@H]3CCCN4CCCC[C@H]34)c2c1. The number of rotatable bonds is 5. The number of hydrogen-bond acceptors (Lipinski definition) is 4. The Labute approximate surface area is 183 Å². The van der Waals surface area contributed by atoms with Crippen LogP contribution < -0.4 is 10.1 Å². The maximum atomic E-state index is 6.26. The van der Waals surface area contributed by atoms with Gasteiger partial charge in [0.1, 0.15) is 5.75 Å². The molecule has 2 fully saturated rings. The van der Waals surface area contributed by atoms with Crippen molar-refractivity contribution in [1.29, 1.82) is 0 Å². The van der Waals surface area contributed by atoms with Crippen LogP contribution in [0.15, 0.2) is 36.4 Å². The molecular weight excluding hydrogens is 394 g/mol. The fourth-order valence-electron chi connectivity index (χ4n) is 5.51. The van der Waals surface area contributed by atoms with Crippen LogP contribution in [-0.2, 0) is 0 Å². The topological polar surface area (TPSA) is 37.4 Å². The van der Waals surface area contributed by atoms with E-state index in [1.165, 1.54) is 51.6 Å². The average molecular weight is 424 g/mol. The van der Waals surface area contributed by atoms with E-state index in [4.69, 9.17) is 21.3 Å². The van der Waals surface area contributed by atoms with Crippen molar-refractivity contribution >= 4 is 39.1 Å². The summed E-state index contributed by atoms with van der Waals surface area (Å²) in [5.74, 6) is 1.65. The molecular formula is C25H30ClN3O. The van der Waals surface area contributed by atoms with E-state index in [0.29, 0.717) is 5.02 Å². The van der Waals surface area contributed by atoms with E-state index in [2.05, 4.69) is 22.3 Å².